The number of hydrogen-bond donors (Lipinski definition) is 2. The lowest BCUT2D eigenvalue weighted by Crippen LogP contribution is -2.52. The van der Waals surface area contributed by atoms with Gasteiger partial charge < -0.3 is 25.2 Å². The van der Waals surface area contributed by atoms with Gasteiger partial charge in [-0.1, -0.05) is 0 Å². The summed E-state index contributed by atoms with van der Waals surface area (Å²) in [5, 5.41) is 5.92. The number of carbonyl (C=O) groups excluding carboxylic acids is 3. The molecule has 39 heavy (non-hydrogen) atoms. The van der Waals surface area contributed by atoms with E-state index in [1.165, 1.54) is 18.2 Å². The highest BCUT2D eigenvalue weighted by atomic mass is 19.1. The van der Waals surface area contributed by atoms with Crippen LogP contribution in [0.2, 0.25) is 0 Å². The molecule has 2 atom stereocenters. The van der Waals surface area contributed by atoms with Crippen molar-refractivity contribution in [2.45, 2.75) is 25.3 Å². The van der Waals surface area contributed by atoms with E-state index in [1.807, 2.05) is 0 Å². The maximum atomic E-state index is 14.0. The second-order valence-corrected chi connectivity index (χ2v) is 10.2. The Hall–Kier alpha value is -3.80. The second-order valence-electron chi connectivity index (χ2n) is 10.2. The molecule has 0 unspecified atom stereocenters. The lowest BCUT2D eigenvalue weighted by molar-refractivity contribution is -0.134. The Morgan fingerprint density at radius 3 is 2.67 bits per heavy atom. The maximum absolute atomic E-state index is 14.0. The number of aromatic nitrogens is 2. The number of likely N-dealkylation sites (tertiary alicyclic amines) is 1. The Labute approximate surface area is 226 Å². The van der Waals surface area contributed by atoms with Crippen LogP contribution in [-0.2, 0) is 9.59 Å². The molecule has 2 bridgehead atoms. The van der Waals surface area contributed by atoms with Gasteiger partial charge in [0.05, 0.1) is 24.6 Å². The van der Waals surface area contributed by atoms with Crippen molar-refractivity contribution in [2.75, 3.05) is 63.9 Å². The highest BCUT2D eigenvalue weighted by molar-refractivity contribution is 5.97. The summed E-state index contributed by atoms with van der Waals surface area (Å²) in [6, 6.07) is 5.25. The quantitative estimate of drug-likeness (QED) is 0.584. The van der Waals surface area contributed by atoms with Crippen LogP contribution in [0.4, 0.5) is 10.3 Å². The van der Waals surface area contributed by atoms with E-state index >= 15 is 0 Å². The van der Waals surface area contributed by atoms with Crippen molar-refractivity contribution in [3.05, 3.63) is 48.0 Å². The minimum Gasteiger partial charge on any atom is -0.493 e. The summed E-state index contributed by atoms with van der Waals surface area (Å²) in [5.41, 5.74) is 0.120. The first kappa shape index (κ1) is 26.8. The van der Waals surface area contributed by atoms with E-state index in [9.17, 15) is 18.8 Å². The largest absolute Gasteiger partial charge is 0.493 e. The number of halogens is 1. The van der Waals surface area contributed by atoms with Crippen molar-refractivity contribution in [3.8, 4) is 5.75 Å². The lowest BCUT2D eigenvalue weighted by atomic mass is 10.0. The molecule has 12 heteroatoms. The molecule has 3 amide bonds. The molecule has 3 aliphatic rings. The summed E-state index contributed by atoms with van der Waals surface area (Å²) in [6.07, 6.45) is 5.01. The first-order valence-corrected chi connectivity index (χ1v) is 13.5. The summed E-state index contributed by atoms with van der Waals surface area (Å²) < 4.78 is 19.7. The van der Waals surface area contributed by atoms with Crippen LogP contribution in [0.15, 0.2) is 36.7 Å². The third-order valence-electron chi connectivity index (χ3n) is 7.43. The molecule has 2 saturated heterocycles. The number of ether oxygens (including phenoxy) is 1. The third kappa shape index (κ3) is 6.80. The molecule has 4 heterocycles. The zero-order valence-corrected chi connectivity index (χ0v) is 21.9. The van der Waals surface area contributed by atoms with E-state index in [-0.39, 0.29) is 61.3 Å². The average Bonchev–Trinajstić information content (AvgIpc) is 3.17. The standard InChI is InChI=1S/C27H34FN7O4/c28-20-4-6-23-22(15-20)26(38)32-21-5-3-19(25(37)29-9-2-14-39-23)16-35(17-21)24(36)18-33-10-12-34(13-11-33)27-30-7-1-8-31-27/h1,4,6-8,15,19,21H,2-3,5,9-14,16-18H2,(H,29,37)(H,32,38)/t19-,21+/m0/s1. The Balaban J connectivity index is 1.27. The Morgan fingerprint density at radius 1 is 1.08 bits per heavy atom. The van der Waals surface area contributed by atoms with Crippen LogP contribution in [-0.4, -0.2) is 102 Å². The maximum Gasteiger partial charge on any atom is 0.255 e. The molecule has 0 radical (unpaired) electrons. The molecule has 0 aliphatic carbocycles. The number of anilines is 1. The van der Waals surface area contributed by atoms with Crippen LogP contribution in [0.25, 0.3) is 0 Å². The highest BCUT2D eigenvalue weighted by Crippen LogP contribution is 2.23. The van der Waals surface area contributed by atoms with Gasteiger partial charge in [-0.15, -0.1) is 0 Å². The molecule has 11 nitrogen and oxygen atoms in total. The van der Waals surface area contributed by atoms with Gasteiger partial charge in [0, 0.05) is 64.2 Å². The predicted molar refractivity (Wildman–Crippen MR) is 141 cm³/mol. The predicted octanol–water partition coefficient (Wildman–Crippen LogP) is 0.674. The zero-order chi connectivity index (χ0) is 27.2. The normalized spacial score (nSPS) is 23.1. The van der Waals surface area contributed by atoms with E-state index in [1.54, 1.807) is 23.4 Å². The molecule has 2 fully saturated rings. The number of nitrogens with one attached hydrogen (secondary N) is 2. The fraction of sp³-hybridized carbons (Fsp3) is 0.519. The van der Waals surface area contributed by atoms with Crippen LogP contribution >= 0.6 is 0 Å². The summed E-state index contributed by atoms with van der Waals surface area (Å²) >= 11 is 0. The van der Waals surface area contributed by atoms with Gasteiger partial charge in [0.25, 0.3) is 5.91 Å². The number of nitrogens with zero attached hydrogens (tertiary/aromatic N) is 5. The van der Waals surface area contributed by atoms with Gasteiger partial charge in [-0.25, -0.2) is 14.4 Å². The highest BCUT2D eigenvalue weighted by Gasteiger charge is 2.33. The van der Waals surface area contributed by atoms with E-state index < -0.39 is 11.7 Å². The van der Waals surface area contributed by atoms with E-state index in [2.05, 4.69) is 30.4 Å². The van der Waals surface area contributed by atoms with Crippen LogP contribution < -0.4 is 20.3 Å². The second kappa shape index (κ2) is 12.4. The van der Waals surface area contributed by atoms with Crippen LogP contribution in [0, 0.1) is 11.7 Å². The summed E-state index contributed by atoms with van der Waals surface area (Å²) in [5.74, 6) is -0.584. The van der Waals surface area contributed by atoms with E-state index in [4.69, 9.17) is 4.74 Å². The minimum absolute atomic E-state index is 0.0857. The van der Waals surface area contributed by atoms with Crippen molar-refractivity contribution in [2.24, 2.45) is 5.92 Å². The Kier molecular flexibility index (Phi) is 8.50. The zero-order valence-electron chi connectivity index (χ0n) is 21.9. The van der Waals surface area contributed by atoms with Crippen LogP contribution in [0.3, 0.4) is 0 Å². The van der Waals surface area contributed by atoms with Crippen LogP contribution in [0.5, 0.6) is 5.75 Å². The lowest BCUT2D eigenvalue weighted by Gasteiger charge is -2.35. The number of rotatable bonds is 3. The smallest absolute Gasteiger partial charge is 0.255 e. The average molecular weight is 540 g/mol. The number of hydrogen-bond acceptors (Lipinski definition) is 8. The topological polar surface area (TPSA) is 120 Å². The third-order valence-corrected chi connectivity index (χ3v) is 7.43. The van der Waals surface area contributed by atoms with Gasteiger partial charge in [0.15, 0.2) is 0 Å². The summed E-state index contributed by atoms with van der Waals surface area (Å²) in [6.45, 7) is 4.25. The molecular formula is C27H34FN7O4. The molecular weight excluding hydrogens is 505 g/mol. The molecule has 0 spiro atoms. The van der Waals surface area contributed by atoms with Crippen molar-refractivity contribution in [1.82, 2.24) is 30.4 Å². The number of carbonyl (C=O) groups is 3. The van der Waals surface area contributed by atoms with Gasteiger partial charge in [-0.2, -0.15) is 0 Å². The minimum atomic E-state index is -0.530. The van der Waals surface area contributed by atoms with Crippen molar-refractivity contribution >= 4 is 23.7 Å². The molecule has 208 valence electrons. The number of benzene rings is 1. The molecule has 5 rings (SSSR count). The number of amides is 3. The van der Waals surface area contributed by atoms with Gasteiger partial charge in [0.1, 0.15) is 11.6 Å². The van der Waals surface area contributed by atoms with Crippen molar-refractivity contribution in [1.29, 1.82) is 0 Å². The molecule has 2 aromatic rings. The van der Waals surface area contributed by atoms with Gasteiger partial charge in [0.2, 0.25) is 17.8 Å². The van der Waals surface area contributed by atoms with Crippen LogP contribution in [0.1, 0.15) is 29.6 Å². The van der Waals surface area contributed by atoms with Crippen molar-refractivity contribution < 1.29 is 23.5 Å². The SMILES string of the molecule is O=C1N[C@@H]2CC[C@@H](CN(C(=O)CN3CCN(c4ncccn4)CC3)C2)C(=O)NCCCOc2ccc(F)cc21. The van der Waals surface area contributed by atoms with E-state index in [0.717, 1.165) is 0 Å². The molecule has 1 aromatic heterocycles. The number of fused-ring (bicyclic) bond motifs is 4. The Morgan fingerprint density at radius 2 is 1.87 bits per heavy atom. The fourth-order valence-corrected chi connectivity index (χ4v) is 5.26. The summed E-state index contributed by atoms with van der Waals surface area (Å²) in [4.78, 5) is 54.1. The van der Waals surface area contributed by atoms with E-state index in [0.29, 0.717) is 57.9 Å². The number of piperazine rings is 1. The first-order valence-electron chi connectivity index (χ1n) is 13.5. The molecule has 1 aromatic carbocycles. The first-order chi connectivity index (χ1) is 19.0. The Bertz CT molecular complexity index is 1180. The fourth-order valence-electron chi connectivity index (χ4n) is 5.26. The van der Waals surface area contributed by atoms with Gasteiger partial charge >= 0.3 is 0 Å². The molecule has 3 aliphatic heterocycles. The van der Waals surface area contributed by atoms with Gasteiger partial charge in [-0.05, 0) is 43.5 Å². The van der Waals surface area contributed by atoms with Crippen molar-refractivity contribution in [3.63, 3.8) is 0 Å². The van der Waals surface area contributed by atoms with Gasteiger partial charge in [-0.3, -0.25) is 19.3 Å². The molecule has 0 saturated carbocycles. The monoisotopic (exact) mass is 539 g/mol. The molecule has 2 N–H and O–H groups in total. The summed E-state index contributed by atoms with van der Waals surface area (Å²) in [7, 11) is 0.